The molecule has 5 N–H and O–H groups in total. The number of nitrogens with two attached hydrogens (primary N) is 2. The fraction of sp³-hybridized carbons (Fsp3) is 0.182. The van der Waals surface area contributed by atoms with E-state index in [2.05, 4.69) is 35.4 Å². The van der Waals surface area contributed by atoms with E-state index < -0.39 is 5.91 Å². The van der Waals surface area contributed by atoms with Crippen LogP contribution < -0.4 is 16.8 Å². The van der Waals surface area contributed by atoms with Crippen LogP contribution in [-0.4, -0.2) is 16.0 Å². The van der Waals surface area contributed by atoms with Gasteiger partial charge in [-0.05, 0) is 24.0 Å². The second-order valence-electron chi connectivity index (χ2n) is 7.44. The molecule has 3 heterocycles. The van der Waals surface area contributed by atoms with Crippen molar-refractivity contribution in [1.29, 1.82) is 5.26 Å². The van der Waals surface area contributed by atoms with E-state index in [0.29, 0.717) is 27.5 Å². The smallest absolute Gasteiger partial charge is 0.269 e. The maximum Gasteiger partial charge on any atom is 0.269 e. The lowest BCUT2D eigenvalue weighted by Crippen LogP contribution is -2.12. The van der Waals surface area contributed by atoms with Gasteiger partial charge in [0, 0.05) is 17.0 Å². The lowest BCUT2D eigenvalue weighted by molar-refractivity contribution is 0.103. The molecule has 0 saturated heterocycles. The first-order valence-electron chi connectivity index (χ1n) is 9.56. The molecule has 0 aliphatic heterocycles. The van der Waals surface area contributed by atoms with Crippen molar-refractivity contribution in [3.63, 3.8) is 0 Å². The van der Waals surface area contributed by atoms with E-state index in [-0.39, 0.29) is 27.8 Å². The Hall–Kier alpha value is -3.90. The molecule has 1 aromatic carbocycles. The molecule has 0 aliphatic carbocycles. The van der Waals surface area contributed by atoms with Crippen LogP contribution in [0.3, 0.4) is 0 Å². The number of amides is 1. The van der Waals surface area contributed by atoms with Crippen molar-refractivity contribution in [3.8, 4) is 17.2 Å². The van der Waals surface area contributed by atoms with Gasteiger partial charge in [0.2, 0.25) is 0 Å². The molecule has 0 unspecified atom stereocenters. The molecule has 0 saturated carbocycles. The van der Waals surface area contributed by atoms with E-state index in [9.17, 15) is 10.1 Å². The van der Waals surface area contributed by atoms with Gasteiger partial charge < -0.3 is 21.3 Å². The highest BCUT2D eigenvalue weighted by atomic mass is 32.1. The van der Waals surface area contributed by atoms with Crippen LogP contribution in [0.5, 0.6) is 0 Å². The molecule has 8 nitrogen and oxygen atoms in total. The maximum absolute atomic E-state index is 12.8. The highest BCUT2D eigenvalue weighted by molar-refractivity contribution is 7.21. The Morgan fingerprint density at radius 2 is 1.97 bits per heavy atom. The van der Waals surface area contributed by atoms with E-state index >= 15 is 0 Å². The third-order valence-electron chi connectivity index (χ3n) is 4.96. The minimum absolute atomic E-state index is 0.0956. The Balaban J connectivity index is 1.88. The van der Waals surface area contributed by atoms with Gasteiger partial charge in [-0.1, -0.05) is 43.3 Å². The van der Waals surface area contributed by atoms with Crippen LogP contribution in [0, 0.1) is 18.3 Å². The zero-order chi connectivity index (χ0) is 22.3. The lowest BCUT2D eigenvalue weighted by Gasteiger charge is -2.11. The van der Waals surface area contributed by atoms with Crippen molar-refractivity contribution in [1.82, 2.24) is 10.1 Å². The van der Waals surface area contributed by atoms with Gasteiger partial charge in [0.1, 0.15) is 32.9 Å². The van der Waals surface area contributed by atoms with Gasteiger partial charge in [-0.25, -0.2) is 4.98 Å². The van der Waals surface area contributed by atoms with Crippen LogP contribution in [0.25, 0.3) is 21.3 Å². The predicted molar refractivity (Wildman–Crippen MR) is 122 cm³/mol. The summed E-state index contributed by atoms with van der Waals surface area (Å²) in [6.07, 6.45) is 0. The summed E-state index contributed by atoms with van der Waals surface area (Å²) in [6.45, 7) is 5.94. The number of nitrogens with one attached hydrogen (secondary N) is 1. The topological polar surface area (TPSA) is 144 Å². The van der Waals surface area contributed by atoms with E-state index in [4.69, 9.17) is 16.0 Å². The Bertz CT molecular complexity index is 1350. The zero-order valence-electron chi connectivity index (χ0n) is 17.2. The second-order valence-corrected chi connectivity index (χ2v) is 8.44. The Labute approximate surface area is 182 Å². The maximum atomic E-state index is 12.8. The fourth-order valence-electron chi connectivity index (χ4n) is 3.37. The Morgan fingerprint density at radius 3 is 2.55 bits per heavy atom. The standard InChI is InChI=1S/C22H20N6O2S/c1-10(2)12-4-6-13(7-5-12)16-14(9-23)20(25)27-22-17(16)18(24)19(31-22)21(29)26-15-8-11(3)30-28-15/h4-8,10H,24H2,1-3H3,(H2,25,27)(H,26,28,29). The van der Waals surface area contributed by atoms with Crippen LogP contribution in [0.4, 0.5) is 17.3 Å². The summed E-state index contributed by atoms with van der Waals surface area (Å²) in [5.41, 5.74) is 15.5. The molecule has 9 heteroatoms. The molecule has 0 atom stereocenters. The third-order valence-corrected chi connectivity index (χ3v) is 6.06. The average molecular weight is 433 g/mol. The number of hydrogen-bond donors (Lipinski definition) is 3. The number of benzene rings is 1. The van der Waals surface area contributed by atoms with Gasteiger partial charge in [0.05, 0.1) is 5.69 Å². The summed E-state index contributed by atoms with van der Waals surface area (Å²) >= 11 is 1.11. The summed E-state index contributed by atoms with van der Waals surface area (Å²) in [4.78, 5) is 17.9. The summed E-state index contributed by atoms with van der Waals surface area (Å²) in [5.74, 6) is 0.882. The summed E-state index contributed by atoms with van der Waals surface area (Å²) in [5, 5.41) is 16.7. The molecule has 0 aliphatic rings. The van der Waals surface area contributed by atoms with Gasteiger partial charge in [-0.15, -0.1) is 11.3 Å². The molecule has 1 amide bonds. The number of nitrogen functional groups attached to an aromatic ring is 2. The lowest BCUT2D eigenvalue weighted by atomic mass is 9.94. The minimum atomic E-state index is -0.438. The molecule has 156 valence electrons. The number of nitrogens with zero attached hydrogens (tertiary/aromatic N) is 3. The van der Waals surface area contributed by atoms with Gasteiger partial charge in [0.15, 0.2) is 5.82 Å². The third kappa shape index (κ3) is 3.58. The summed E-state index contributed by atoms with van der Waals surface area (Å²) < 4.78 is 4.98. The predicted octanol–water partition coefficient (Wildman–Crippen LogP) is 4.67. The Morgan fingerprint density at radius 1 is 1.26 bits per heavy atom. The van der Waals surface area contributed by atoms with Crippen molar-refractivity contribution < 1.29 is 9.32 Å². The van der Waals surface area contributed by atoms with Gasteiger partial charge in [-0.3, -0.25) is 4.79 Å². The molecule has 3 aromatic heterocycles. The van der Waals surface area contributed by atoms with E-state index in [1.165, 1.54) is 5.56 Å². The van der Waals surface area contributed by atoms with E-state index in [1.807, 2.05) is 24.3 Å². The molecule has 0 bridgehead atoms. The first kappa shape index (κ1) is 20.4. The van der Waals surface area contributed by atoms with Crippen LogP contribution in [0.15, 0.2) is 34.9 Å². The normalized spacial score (nSPS) is 11.1. The number of aryl methyl sites for hydroxylation is 1. The minimum Gasteiger partial charge on any atom is -0.397 e. The molecule has 0 fully saturated rings. The fourth-order valence-corrected chi connectivity index (χ4v) is 4.38. The van der Waals surface area contributed by atoms with Crippen molar-refractivity contribution in [3.05, 3.63) is 52.1 Å². The van der Waals surface area contributed by atoms with Crippen molar-refractivity contribution in [2.24, 2.45) is 0 Å². The first-order valence-corrected chi connectivity index (χ1v) is 10.4. The number of nitriles is 1. The average Bonchev–Trinajstić information content (AvgIpc) is 3.29. The number of fused-ring (bicyclic) bond motifs is 1. The van der Waals surface area contributed by atoms with E-state index in [1.54, 1.807) is 13.0 Å². The number of aromatic nitrogens is 2. The SMILES string of the molecule is Cc1cc(NC(=O)c2sc3nc(N)c(C#N)c(-c4ccc(C(C)C)cc4)c3c2N)no1. The number of rotatable bonds is 4. The largest absolute Gasteiger partial charge is 0.397 e. The summed E-state index contributed by atoms with van der Waals surface area (Å²) in [6, 6.07) is 11.6. The monoisotopic (exact) mass is 432 g/mol. The molecule has 4 aromatic rings. The van der Waals surface area contributed by atoms with E-state index in [0.717, 1.165) is 16.9 Å². The Kier molecular flexibility index (Phi) is 5.09. The number of carbonyl (C=O) groups excluding carboxylic acids is 1. The number of anilines is 3. The molecular formula is C22H20N6O2S. The van der Waals surface area contributed by atoms with Crippen molar-refractivity contribution >= 4 is 44.8 Å². The van der Waals surface area contributed by atoms with Crippen molar-refractivity contribution in [2.45, 2.75) is 26.7 Å². The van der Waals surface area contributed by atoms with Crippen LogP contribution in [-0.2, 0) is 0 Å². The molecule has 0 spiro atoms. The number of thiophene rings is 1. The number of hydrogen-bond acceptors (Lipinski definition) is 8. The quantitative estimate of drug-likeness (QED) is 0.425. The number of carbonyl (C=O) groups is 1. The highest BCUT2D eigenvalue weighted by Crippen LogP contribution is 2.43. The molecular weight excluding hydrogens is 412 g/mol. The van der Waals surface area contributed by atoms with Crippen molar-refractivity contribution in [2.75, 3.05) is 16.8 Å². The molecule has 0 radical (unpaired) electrons. The van der Waals surface area contributed by atoms with Gasteiger partial charge >= 0.3 is 0 Å². The van der Waals surface area contributed by atoms with Crippen LogP contribution in [0.1, 0.15) is 46.3 Å². The molecule has 4 rings (SSSR count). The van der Waals surface area contributed by atoms with Gasteiger partial charge in [-0.2, -0.15) is 5.26 Å². The van der Waals surface area contributed by atoms with Crippen LogP contribution >= 0.6 is 11.3 Å². The zero-order valence-corrected chi connectivity index (χ0v) is 18.0. The first-order chi connectivity index (χ1) is 14.8. The molecule has 31 heavy (non-hydrogen) atoms. The van der Waals surface area contributed by atoms with Crippen LogP contribution in [0.2, 0.25) is 0 Å². The highest BCUT2D eigenvalue weighted by Gasteiger charge is 2.24. The van der Waals surface area contributed by atoms with Gasteiger partial charge in [0.25, 0.3) is 5.91 Å². The second kappa shape index (κ2) is 7.74. The number of pyridine rings is 1. The summed E-state index contributed by atoms with van der Waals surface area (Å²) in [7, 11) is 0.